The fourth-order valence-corrected chi connectivity index (χ4v) is 3.41. The number of nitrogens with one attached hydrogen (secondary N) is 2. The van der Waals surface area contributed by atoms with E-state index >= 15 is 0 Å². The van der Waals surface area contributed by atoms with Gasteiger partial charge >= 0.3 is 0 Å². The number of halogens is 1. The zero-order valence-corrected chi connectivity index (χ0v) is 14.6. The molecule has 1 aliphatic heterocycles. The van der Waals surface area contributed by atoms with Crippen molar-refractivity contribution in [1.82, 2.24) is 20.4 Å². The number of carbonyl (C=O) groups excluding carboxylic acids is 1. The van der Waals surface area contributed by atoms with Gasteiger partial charge in [0.25, 0.3) is 5.91 Å². The molecule has 1 unspecified atom stereocenters. The monoisotopic (exact) mass is 346 g/mol. The Kier molecular flexibility index (Phi) is 4.92. The minimum Gasteiger partial charge on any atom is -0.349 e. The maximum atomic E-state index is 12.4. The summed E-state index contributed by atoms with van der Waals surface area (Å²) in [5, 5.41) is 10.9. The van der Waals surface area contributed by atoms with Crippen LogP contribution in [0.5, 0.6) is 0 Å². The molecule has 24 heavy (non-hydrogen) atoms. The van der Waals surface area contributed by atoms with Gasteiger partial charge in [0.1, 0.15) is 5.69 Å². The van der Waals surface area contributed by atoms with Gasteiger partial charge in [-0.25, -0.2) is 0 Å². The Hall–Kier alpha value is -1.85. The van der Waals surface area contributed by atoms with E-state index in [-0.39, 0.29) is 24.4 Å². The summed E-state index contributed by atoms with van der Waals surface area (Å²) in [6.07, 6.45) is 3.47. The van der Waals surface area contributed by atoms with Gasteiger partial charge in [0.15, 0.2) is 0 Å². The first kappa shape index (κ1) is 17.0. The second kappa shape index (κ2) is 6.95. The van der Waals surface area contributed by atoms with E-state index in [0.717, 1.165) is 13.0 Å². The molecule has 0 radical (unpaired) electrons. The van der Waals surface area contributed by atoms with Crippen LogP contribution in [0, 0.1) is 0 Å². The SMILES string of the molecule is Cl.Cn1nc(C(=O)NCC2NCCc3ccccc32)cc1C1CC1. The van der Waals surface area contributed by atoms with E-state index in [1.807, 2.05) is 17.8 Å². The quantitative estimate of drug-likeness (QED) is 0.893. The smallest absolute Gasteiger partial charge is 0.271 e. The molecule has 6 heteroatoms. The summed E-state index contributed by atoms with van der Waals surface area (Å²) in [6.45, 7) is 1.54. The molecule has 2 aromatic rings. The topological polar surface area (TPSA) is 59.0 Å². The highest BCUT2D eigenvalue weighted by molar-refractivity contribution is 5.92. The Morgan fingerprint density at radius 1 is 1.38 bits per heavy atom. The van der Waals surface area contributed by atoms with E-state index in [9.17, 15) is 4.79 Å². The van der Waals surface area contributed by atoms with Gasteiger partial charge in [-0.1, -0.05) is 24.3 Å². The second-order valence-corrected chi connectivity index (χ2v) is 6.52. The number of amides is 1. The molecule has 4 rings (SSSR count). The molecular formula is C18H23ClN4O. The van der Waals surface area contributed by atoms with Gasteiger partial charge in [-0.2, -0.15) is 5.10 Å². The van der Waals surface area contributed by atoms with Crippen LogP contribution in [0.1, 0.15) is 52.1 Å². The standard InChI is InChI=1S/C18H22N4O.ClH/c1-22-17(13-6-7-13)10-15(21-22)18(23)20-11-16-14-5-3-2-4-12(14)8-9-19-16;/h2-5,10,13,16,19H,6-9,11H2,1H3,(H,20,23);1H. The Balaban J connectivity index is 0.00000169. The van der Waals surface area contributed by atoms with Crippen LogP contribution in [0.15, 0.2) is 30.3 Å². The Bertz CT molecular complexity index is 738. The summed E-state index contributed by atoms with van der Waals surface area (Å²) < 4.78 is 1.85. The summed E-state index contributed by atoms with van der Waals surface area (Å²) in [5.41, 5.74) is 4.37. The number of fused-ring (bicyclic) bond motifs is 1. The first-order valence-corrected chi connectivity index (χ1v) is 8.35. The maximum Gasteiger partial charge on any atom is 0.271 e. The number of aromatic nitrogens is 2. The molecule has 0 bridgehead atoms. The molecular weight excluding hydrogens is 324 g/mol. The van der Waals surface area contributed by atoms with Crippen molar-refractivity contribution >= 4 is 18.3 Å². The average molecular weight is 347 g/mol. The summed E-state index contributed by atoms with van der Waals surface area (Å²) in [4.78, 5) is 12.4. The molecule has 1 aromatic carbocycles. The van der Waals surface area contributed by atoms with Crippen LogP contribution >= 0.6 is 12.4 Å². The number of benzene rings is 1. The summed E-state index contributed by atoms with van der Waals surface area (Å²) in [7, 11) is 1.92. The average Bonchev–Trinajstić information content (AvgIpc) is 3.34. The van der Waals surface area contributed by atoms with Crippen LogP contribution in [-0.4, -0.2) is 28.8 Å². The van der Waals surface area contributed by atoms with Gasteiger partial charge in [-0.05, 0) is 43.0 Å². The van der Waals surface area contributed by atoms with Crippen LogP contribution in [0.25, 0.3) is 0 Å². The minimum atomic E-state index is -0.0858. The van der Waals surface area contributed by atoms with E-state index in [0.29, 0.717) is 18.2 Å². The lowest BCUT2D eigenvalue weighted by Gasteiger charge is -2.27. The maximum absolute atomic E-state index is 12.4. The largest absolute Gasteiger partial charge is 0.349 e. The number of rotatable bonds is 4. The van der Waals surface area contributed by atoms with Crippen LogP contribution < -0.4 is 10.6 Å². The third-order valence-electron chi connectivity index (χ3n) is 4.83. The van der Waals surface area contributed by atoms with Gasteiger partial charge in [-0.3, -0.25) is 9.48 Å². The predicted octanol–water partition coefficient (Wildman–Crippen LogP) is 2.34. The van der Waals surface area contributed by atoms with Gasteiger partial charge in [0.2, 0.25) is 0 Å². The van der Waals surface area contributed by atoms with E-state index in [4.69, 9.17) is 0 Å². The number of carbonyl (C=O) groups is 1. The molecule has 1 atom stereocenters. The normalized spacial score (nSPS) is 19.3. The Morgan fingerprint density at radius 3 is 2.96 bits per heavy atom. The van der Waals surface area contributed by atoms with Crippen molar-refractivity contribution in [2.75, 3.05) is 13.1 Å². The lowest BCUT2D eigenvalue weighted by Crippen LogP contribution is -2.39. The molecule has 1 fully saturated rings. The molecule has 1 aromatic heterocycles. The van der Waals surface area contributed by atoms with Crippen molar-refractivity contribution in [2.24, 2.45) is 7.05 Å². The molecule has 5 nitrogen and oxygen atoms in total. The molecule has 2 aliphatic rings. The van der Waals surface area contributed by atoms with Crippen molar-refractivity contribution < 1.29 is 4.79 Å². The Morgan fingerprint density at radius 2 is 2.17 bits per heavy atom. The molecule has 128 valence electrons. The zero-order valence-electron chi connectivity index (χ0n) is 13.8. The van der Waals surface area contributed by atoms with Crippen molar-refractivity contribution in [1.29, 1.82) is 0 Å². The Labute approximate surface area is 148 Å². The molecule has 2 heterocycles. The number of hydrogen-bond acceptors (Lipinski definition) is 3. The highest BCUT2D eigenvalue weighted by atomic mass is 35.5. The van der Waals surface area contributed by atoms with Crippen LogP contribution in [-0.2, 0) is 13.5 Å². The third-order valence-corrected chi connectivity index (χ3v) is 4.83. The zero-order chi connectivity index (χ0) is 15.8. The van der Waals surface area contributed by atoms with E-state index in [1.54, 1.807) is 0 Å². The van der Waals surface area contributed by atoms with Crippen molar-refractivity contribution in [3.63, 3.8) is 0 Å². The summed E-state index contributed by atoms with van der Waals surface area (Å²) in [5.74, 6) is 0.512. The van der Waals surface area contributed by atoms with Gasteiger partial charge in [-0.15, -0.1) is 12.4 Å². The molecule has 1 saturated carbocycles. The number of hydrogen-bond donors (Lipinski definition) is 2. The van der Waals surface area contributed by atoms with Gasteiger partial charge < -0.3 is 10.6 Å². The number of aryl methyl sites for hydroxylation is 1. The molecule has 1 aliphatic carbocycles. The van der Waals surface area contributed by atoms with E-state index in [2.05, 4.69) is 40.0 Å². The molecule has 1 amide bonds. The molecule has 0 saturated heterocycles. The highest BCUT2D eigenvalue weighted by Gasteiger charge is 2.28. The predicted molar refractivity (Wildman–Crippen MR) is 95.7 cm³/mol. The highest BCUT2D eigenvalue weighted by Crippen LogP contribution is 2.39. The van der Waals surface area contributed by atoms with Crippen molar-refractivity contribution in [3.05, 3.63) is 52.8 Å². The fraction of sp³-hybridized carbons (Fsp3) is 0.444. The third kappa shape index (κ3) is 3.32. The van der Waals surface area contributed by atoms with Crippen LogP contribution in [0.2, 0.25) is 0 Å². The lowest BCUT2D eigenvalue weighted by molar-refractivity contribution is 0.0943. The van der Waals surface area contributed by atoms with E-state index < -0.39 is 0 Å². The molecule has 2 N–H and O–H groups in total. The van der Waals surface area contributed by atoms with Crippen LogP contribution in [0.4, 0.5) is 0 Å². The first-order chi connectivity index (χ1) is 11.2. The summed E-state index contributed by atoms with van der Waals surface area (Å²) in [6, 6.07) is 10.6. The number of nitrogens with zero attached hydrogens (tertiary/aromatic N) is 2. The fourth-order valence-electron chi connectivity index (χ4n) is 3.41. The minimum absolute atomic E-state index is 0. The second-order valence-electron chi connectivity index (χ2n) is 6.52. The van der Waals surface area contributed by atoms with Gasteiger partial charge in [0.05, 0.1) is 0 Å². The van der Waals surface area contributed by atoms with E-state index in [1.165, 1.54) is 29.7 Å². The summed E-state index contributed by atoms with van der Waals surface area (Å²) >= 11 is 0. The van der Waals surface area contributed by atoms with Gasteiger partial charge in [0, 0.05) is 31.2 Å². The molecule has 0 spiro atoms. The van der Waals surface area contributed by atoms with Crippen LogP contribution in [0.3, 0.4) is 0 Å². The van der Waals surface area contributed by atoms with Crippen molar-refractivity contribution in [3.8, 4) is 0 Å². The van der Waals surface area contributed by atoms with Crippen molar-refractivity contribution in [2.45, 2.75) is 31.2 Å². The lowest BCUT2D eigenvalue weighted by atomic mass is 9.94. The first-order valence-electron chi connectivity index (χ1n) is 8.35.